The highest BCUT2D eigenvalue weighted by molar-refractivity contribution is 5.48. The smallest absolute Gasteiger partial charge is 0.231 e. The number of nitrogens with one attached hydrogen (secondary N) is 1. The van der Waals surface area contributed by atoms with Crippen molar-refractivity contribution in [1.29, 1.82) is 5.26 Å². The fourth-order valence-electron chi connectivity index (χ4n) is 1.44. The van der Waals surface area contributed by atoms with E-state index in [0.29, 0.717) is 6.54 Å². The second-order valence-electron chi connectivity index (χ2n) is 3.38. The molecule has 2 rings (SSSR count). The molecule has 1 atom stereocenters. The normalized spacial score (nSPS) is 14.7. The SMILES string of the molecule is CC(C#N)NCc1cccc2c1OCO2. The van der Waals surface area contributed by atoms with E-state index in [1.54, 1.807) is 0 Å². The number of rotatable bonds is 3. The molecule has 0 fully saturated rings. The summed E-state index contributed by atoms with van der Waals surface area (Å²) in [7, 11) is 0. The number of nitriles is 1. The fourth-order valence-corrected chi connectivity index (χ4v) is 1.44. The number of para-hydroxylation sites is 1. The Morgan fingerprint density at radius 2 is 2.40 bits per heavy atom. The van der Waals surface area contributed by atoms with E-state index >= 15 is 0 Å². The molecule has 78 valence electrons. The zero-order valence-electron chi connectivity index (χ0n) is 8.49. The molecule has 15 heavy (non-hydrogen) atoms. The van der Waals surface area contributed by atoms with E-state index < -0.39 is 0 Å². The van der Waals surface area contributed by atoms with Gasteiger partial charge in [0.2, 0.25) is 6.79 Å². The van der Waals surface area contributed by atoms with Crippen LogP contribution in [0.3, 0.4) is 0 Å². The lowest BCUT2D eigenvalue weighted by molar-refractivity contribution is 0.173. The van der Waals surface area contributed by atoms with Crippen molar-refractivity contribution in [1.82, 2.24) is 5.32 Å². The first kappa shape index (κ1) is 9.81. The van der Waals surface area contributed by atoms with Gasteiger partial charge in [-0.2, -0.15) is 5.26 Å². The van der Waals surface area contributed by atoms with Crippen molar-refractivity contribution >= 4 is 0 Å². The molecule has 4 nitrogen and oxygen atoms in total. The van der Waals surface area contributed by atoms with Gasteiger partial charge in [0, 0.05) is 12.1 Å². The predicted octanol–water partition coefficient (Wildman–Crippen LogP) is 1.42. The van der Waals surface area contributed by atoms with Crippen molar-refractivity contribution in [3.63, 3.8) is 0 Å². The average molecular weight is 204 g/mol. The van der Waals surface area contributed by atoms with E-state index in [1.807, 2.05) is 25.1 Å². The highest BCUT2D eigenvalue weighted by Gasteiger charge is 2.16. The molecule has 1 N–H and O–H groups in total. The average Bonchev–Trinajstić information content (AvgIpc) is 2.74. The highest BCUT2D eigenvalue weighted by Crippen LogP contribution is 2.35. The first-order chi connectivity index (χ1) is 7.31. The molecular weight excluding hydrogens is 192 g/mol. The van der Waals surface area contributed by atoms with Crippen LogP contribution in [0.15, 0.2) is 18.2 Å². The minimum absolute atomic E-state index is 0.164. The van der Waals surface area contributed by atoms with Gasteiger partial charge in [0.05, 0.1) is 12.1 Å². The van der Waals surface area contributed by atoms with Gasteiger partial charge < -0.3 is 9.47 Å². The third-order valence-corrected chi connectivity index (χ3v) is 2.27. The van der Waals surface area contributed by atoms with Crippen LogP contribution in [0.25, 0.3) is 0 Å². The van der Waals surface area contributed by atoms with Gasteiger partial charge in [0.25, 0.3) is 0 Å². The number of ether oxygens (including phenoxy) is 2. The van der Waals surface area contributed by atoms with Crippen LogP contribution in [0, 0.1) is 11.3 Å². The summed E-state index contributed by atoms with van der Waals surface area (Å²) in [6, 6.07) is 7.71. The molecule has 4 heteroatoms. The van der Waals surface area contributed by atoms with E-state index in [1.165, 1.54) is 0 Å². The Balaban J connectivity index is 2.10. The van der Waals surface area contributed by atoms with Gasteiger partial charge in [-0.1, -0.05) is 12.1 Å². The maximum Gasteiger partial charge on any atom is 0.231 e. The van der Waals surface area contributed by atoms with Crippen LogP contribution < -0.4 is 14.8 Å². The number of fused-ring (bicyclic) bond motifs is 1. The zero-order chi connectivity index (χ0) is 10.7. The maximum atomic E-state index is 8.64. The molecule has 0 aromatic heterocycles. The summed E-state index contributed by atoms with van der Waals surface area (Å²) in [4.78, 5) is 0. The van der Waals surface area contributed by atoms with Crippen LogP contribution in [-0.2, 0) is 6.54 Å². The number of hydrogen-bond acceptors (Lipinski definition) is 4. The van der Waals surface area contributed by atoms with Crippen molar-refractivity contribution in [3.05, 3.63) is 23.8 Å². The molecule has 1 heterocycles. The van der Waals surface area contributed by atoms with Crippen molar-refractivity contribution in [2.24, 2.45) is 0 Å². The molecule has 1 unspecified atom stereocenters. The molecule has 1 aliphatic rings. The lowest BCUT2D eigenvalue weighted by Crippen LogP contribution is -2.23. The van der Waals surface area contributed by atoms with Gasteiger partial charge >= 0.3 is 0 Å². The fraction of sp³-hybridized carbons (Fsp3) is 0.364. The Hall–Kier alpha value is -1.73. The van der Waals surface area contributed by atoms with Gasteiger partial charge in [-0.25, -0.2) is 0 Å². The van der Waals surface area contributed by atoms with Gasteiger partial charge in [0.15, 0.2) is 11.5 Å². The molecule has 1 aromatic rings. The predicted molar refractivity (Wildman–Crippen MR) is 54.5 cm³/mol. The summed E-state index contributed by atoms with van der Waals surface area (Å²) in [5.41, 5.74) is 1.02. The van der Waals surface area contributed by atoms with Crippen LogP contribution in [0.1, 0.15) is 12.5 Å². The van der Waals surface area contributed by atoms with Crippen LogP contribution in [0.4, 0.5) is 0 Å². The lowest BCUT2D eigenvalue weighted by atomic mass is 10.2. The summed E-state index contributed by atoms with van der Waals surface area (Å²) in [5, 5.41) is 11.7. The molecule has 0 radical (unpaired) electrons. The van der Waals surface area contributed by atoms with E-state index in [2.05, 4.69) is 11.4 Å². The molecule has 0 amide bonds. The van der Waals surface area contributed by atoms with Gasteiger partial charge in [-0.3, -0.25) is 5.32 Å². The molecule has 0 spiro atoms. The van der Waals surface area contributed by atoms with Crippen molar-refractivity contribution in [2.75, 3.05) is 6.79 Å². The van der Waals surface area contributed by atoms with E-state index in [0.717, 1.165) is 17.1 Å². The number of hydrogen-bond donors (Lipinski definition) is 1. The summed E-state index contributed by atoms with van der Waals surface area (Å²) in [6.07, 6.45) is 0. The Kier molecular flexibility index (Phi) is 2.75. The molecule has 0 saturated heterocycles. The standard InChI is InChI=1S/C11H12N2O2/c1-8(5-12)13-6-9-3-2-4-10-11(9)15-7-14-10/h2-4,8,13H,6-7H2,1H3. The summed E-state index contributed by atoms with van der Waals surface area (Å²) in [5.74, 6) is 1.56. The van der Waals surface area contributed by atoms with Crippen LogP contribution in [0.5, 0.6) is 11.5 Å². The highest BCUT2D eigenvalue weighted by atomic mass is 16.7. The minimum atomic E-state index is -0.164. The topological polar surface area (TPSA) is 54.3 Å². The molecule has 0 saturated carbocycles. The monoisotopic (exact) mass is 204 g/mol. The van der Waals surface area contributed by atoms with Crippen LogP contribution in [0.2, 0.25) is 0 Å². The summed E-state index contributed by atoms with van der Waals surface area (Å²) < 4.78 is 10.6. The van der Waals surface area contributed by atoms with Gasteiger partial charge in [-0.15, -0.1) is 0 Å². The van der Waals surface area contributed by atoms with E-state index in [9.17, 15) is 0 Å². The quantitative estimate of drug-likeness (QED) is 0.809. The maximum absolute atomic E-state index is 8.64. The zero-order valence-corrected chi connectivity index (χ0v) is 8.49. The van der Waals surface area contributed by atoms with Gasteiger partial charge in [-0.05, 0) is 13.0 Å². The first-order valence-electron chi connectivity index (χ1n) is 4.82. The Morgan fingerprint density at radius 1 is 1.53 bits per heavy atom. The minimum Gasteiger partial charge on any atom is -0.454 e. The van der Waals surface area contributed by atoms with E-state index in [4.69, 9.17) is 14.7 Å². The Labute approximate surface area is 88.4 Å². The van der Waals surface area contributed by atoms with Crippen molar-refractivity contribution in [3.8, 4) is 17.6 Å². The third kappa shape index (κ3) is 2.03. The van der Waals surface area contributed by atoms with Crippen LogP contribution >= 0.6 is 0 Å². The number of nitrogens with zero attached hydrogens (tertiary/aromatic N) is 1. The molecule has 1 aromatic carbocycles. The molecule has 0 aliphatic carbocycles. The largest absolute Gasteiger partial charge is 0.454 e. The first-order valence-corrected chi connectivity index (χ1v) is 4.82. The van der Waals surface area contributed by atoms with Gasteiger partial charge in [0.1, 0.15) is 0 Å². The molecular formula is C11H12N2O2. The number of benzene rings is 1. The van der Waals surface area contributed by atoms with Crippen molar-refractivity contribution < 1.29 is 9.47 Å². The second kappa shape index (κ2) is 4.20. The molecule has 1 aliphatic heterocycles. The lowest BCUT2D eigenvalue weighted by Gasteiger charge is -2.08. The summed E-state index contributed by atoms with van der Waals surface area (Å²) >= 11 is 0. The van der Waals surface area contributed by atoms with Crippen LogP contribution in [-0.4, -0.2) is 12.8 Å². The second-order valence-corrected chi connectivity index (χ2v) is 3.38. The Bertz CT molecular complexity index is 398. The Morgan fingerprint density at radius 3 is 3.20 bits per heavy atom. The third-order valence-electron chi connectivity index (χ3n) is 2.27. The summed E-state index contributed by atoms with van der Waals surface area (Å²) in [6.45, 7) is 2.71. The van der Waals surface area contributed by atoms with Crippen molar-refractivity contribution in [2.45, 2.75) is 19.5 Å². The van der Waals surface area contributed by atoms with E-state index in [-0.39, 0.29) is 12.8 Å². The molecule has 0 bridgehead atoms.